The van der Waals surface area contributed by atoms with Gasteiger partial charge in [-0.25, -0.2) is 0 Å². The van der Waals surface area contributed by atoms with Gasteiger partial charge in [0.1, 0.15) is 6.10 Å². The molecule has 2 amide bonds. The van der Waals surface area contributed by atoms with E-state index < -0.39 is 23.2 Å². The lowest BCUT2D eigenvalue weighted by Gasteiger charge is -2.64. The van der Waals surface area contributed by atoms with Crippen molar-refractivity contribution >= 4 is 17.5 Å². The number of nitrogens with zero attached hydrogens (tertiary/aromatic N) is 2. The number of hydrogen-bond acceptors (Lipinski definition) is 7. The molecule has 3 aliphatic carbocycles. The Kier molecular flexibility index (Phi) is 3.86. The molecule has 186 valence electrons. The van der Waals surface area contributed by atoms with Crippen LogP contribution in [0.3, 0.4) is 0 Å². The van der Waals surface area contributed by atoms with Crippen molar-refractivity contribution in [2.24, 2.45) is 5.92 Å². The van der Waals surface area contributed by atoms with Crippen molar-refractivity contribution in [2.75, 3.05) is 18.8 Å². The molecule has 3 aliphatic heterocycles. The molecule has 8 nitrogen and oxygen atoms in total. The van der Waals surface area contributed by atoms with Crippen molar-refractivity contribution in [3.05, 3.63) is 52.6 Å². The maximum Gasteiger partial charge on any atom is 0.262 e. The topological polar surface area (TPSA) is 116 Å². The number of likely N-dealkylation sites (tertiary alicyclic amines) is 1. The molecule has 3 heterocycles. The number of carbonyl (C=O) groups is 2. The van der Waals surface area contributed by atoms with Gasteiger partial charge in [0.05, 0.1) is 28.2 Å². The Balaban J connectivity index is 1.27. The third-order valence-electron chi connectivity index (χ3n) is 10.0. The van der Waals surface area contributed by atoms with Crippen LogP contribution in [0.25, 0.3) is 0 Å². The van der Waals surface area contributed by atoms with Gasteiger partial charge in [-0.1, -0.05) is 6.07 Å². The summed E-state index contributed by atoms with van der Waals surface area (Å²) in [6.45, 7) is 1.82. The Bertz CT molecular complexity index is 1370. The smallest absolute Gasteiger partial charge is 0.262 e. The molecule has 0 aromatic heterocycles. The largest absolute Gasteiger partial charge is 0.504 e. The number of rotatable bonds is 3. The number of benzene rings is 2. The Morgan fingerprint density at radius 3 is 2.67 bits per heavy atom. The van der Waals surface area contributed by atoms with Crippen molar-refractivity contribution in [3.63, 3.8) is 0 Å². The average Bonchev–Trinajstić information content (AvgIpc) is 3.55. The number of ether oxygens (including phenoxy) is 1. The monoisotopic (exact) mass is 487 g/mol. The fourth-order valence-electron chi connectivity index (χ4n) is 8.30. The standard InChI is InChI=1S/C28H29N3O5/c29-16-4-5-17-18(12-16)26(34)31(25(17)33)19-7-8-28(35)21-11-15-3-6-20(32)23-22(15)27(28,24(19)36-23)9-10-30(21)13-14-1-2-14/h3-6,12,14,19,21,24,32,35H,1-2,7-11,13,29H2/t19?,21-,24?,27+,28-/m1/s1. The summed E-state index contributed by atoms with van der Waals surface area (Å²) in [5.74, 6) is 0.462. The van der Waals surface area contributed by atoms with Gasteiger partial charge in [0.2, 0.25) is 0 Å². The van der Waals surface area contributed by atoms with Gasteiger partial charge in [0, 0.05) is 23.8 Å². The number of piperidine rings is 1. The van der Waals surface area contributed by atoms with E-state index in [2.05, 4.69) is 4.90 Å². The van der Waals surface area contributed by atoms with Crippen LogP contribution in [0.5, 0.6) is 11.5 Å². The molecule has 2 aromatic rings. The molecular weight excluding hydrogens is 458 g/mol. The van der Waals surface area contributed by atoms with Crippen molar-refractivity contribution in [1.82, 2.24) is 9.80 Å². The number of imide groups is 1. The maximum absolute atomic E-state index is 13.6. The van der Waals surface area contributed by atoms with E-state index in [0.29, 0.717) is 54.2 Å². The Morgan fingerprint density at radius 2 is 1.86 bits per heavy atom. The second kappa shape index (κ2) is 6.61. The fourth-order valence-corrected chi connectivity index (χ4v) is 8.30. The van der Waals surface area contributed by atoms with E-state index in [1.807, 2.05) is 6.07 Å². The first-order valence-corrected chi connectivity index (χ1v) is 13.1. The van der Waals surface area contributed by atoms with E-state index in [0.717, 1.165) is 24.2 Å². The van der Waals surface area contributed by atoms with Crippen LogP contribution in [0.4, 0.5) is 5.69 Å². The minimum Gasteiger partial charge on any atom is -0.504 e. The third-order valence-corrected chi connectivity index (χ3v) is 10.0. The van der Waals surface area contributed by atoms with Gasteiger partial charge >= 0.3 is 0 Å². The first-order chi connectivity index (χ1) is 17.3. The quantitative estimate of drug-likeness (QED) is 0.449. The highest BCUT2D eigenvalue weighted by atomic mass is 16.5. The maximum atomic E-state index is 13.6. The highest BCUT2D eigenvalue weighted by molar-refractivity contribution is 6.22. The zero-order valence-electron chi connectivity index (χ0n) is 19.9. The molecule has 2 saturated carbocycles. The number of anilines is 1. The fraction of sp³-hybridized carbons (Fsp3) is 0.500. The molecule has 8 heteroatoms. The molecule has 2 aromatic carbocycles. The number of nitrogens with two attached hydrogens (primary N) is 1. The van der Waals surface area contributed by atoms with E-state index >= 15 is 0 Å². The molecule has 3 fully saturated rings. The molecule has 5 atom stereocenters. The van der Waals surface area contributed by atoms with Gasteiger partial charge in [0.15, 0.2) is 11.5 Å². The summed E-state index contributed by atoms with van der Waals surface area (Å²) in [5.41, 5.74) is 7.18. The van der Waals surface area contributed by atoms with Crippen molar-refractivity contribution in [3.8, 4) is 11.5 Å². The molecule has 2 unspecified atom stereocenters. The number of aliphatic hydroxyl groups is 1. The highest BCUT2D eigenvalue weighted by Gasteiger charge is 2.74. The molecule has 4 N–H and O–H groups in total. The van der Waals surface area contributed by atoms with E-state index in [-0.39, 0.29) is 23.6 Å². The van der Waals surface area contributed by atoms with E-state index in [1.165, 1.54) is 17.7 Å². The predicted octanol–water partition coefficient (Wildman–Crippen LogP) is 2.20. The first kappa shape index (κ1) is 21.0. The van der Waals surface area contributed by atoms with Crippen LogP contribution in [0, 0.1) is 5.92 Å². The van der Waals surface area contributed by atoms with Crippen LogP contribution >= 0.6 is 0 Å². The van der Waals surface area contributed by atoms with Crippen LogP contribution in [0.15, 0.2) is 30.3 Å². The summed E-state index contributed by atoms with van der Waals surface area (Å²) < 4.78 is 6.55. The van der Waals surface area contributed by atoms with Gasteiger partial charge in [-0.2, -0.15) is 0 Å². The predicted molar refractivity (Wildman–Crippen MR) is 130 cm³/mol. The third kappa shape index (κ3) is 2.33. The number of aromatic hydroxyl groups is 1. The Labute approximate surface area is 208 Å². The second-order valence-electron chi connectivity index (χ2n) is 11.7. The van der Waals surface area contributed by atoms with E-state index in [9.17, 15) is 19.8 Å². The summed E-state index contributed by atoms with van der Waals surface area (Å²) in [4.78, 5) is 30.9. The second-order valence-corrected chi connectivity index (χ2v) is 11.7. The highest BCUT2D eigenvalue weighted by Crippen LogP contribution is 2.66. The molecule has 2 bridgehead atoms. The summed E-state index contributed by atoms with van der Waals surface area (Å²) in [7, 11) is 0. The number of amides is 2. The Morgan fingerprint density at radius 1 is 1.06 bits per heavy atom. The molecule has 0 radical (unpaired) electrons. The Hall–Kier alpha value is -3.10. The van der Waals surface area contributed by atoms with Gasteiger partial charge < -0.3 is 20.7 Å². The van der Waals surface area contributed by atoms with Crippen LogP contribution in [0.1, 0.15) is 63.9 Å². The lowest BCUT2D eigenvalue weighted by Crippen LogP contribution is -2.78. The number of hydrogen-bond donors (Lipinski definition) is 3. The lowest BCUT2D eigenvalue weighted by atomic mass is 9.48. The van der Waals surface area contributed by atoms with Crippen LogP contribution in [0.2, 0.25) is 0 Å². The van der Waals surface area contributed by atoms with Crippen molar-refractivity contribution < 1.29 is 24.5 Å². The minimum absolute atomic E-state index is 0.0487. The lowest BCUT2D eigenvalue weighted by molar-refractivity contribution is -0.196. The molecule has 8 rings (SSSR count). The molecular formula is C28H29N3O5. The zero-order chi connectivity index (χ0) is 24.6. The first-order valence-electron chi connectivity index (χ1n) is 13.1. The minimum atomic E-state index is -1.06. The summed E-state index contributed by atoms with van der Waals surface area (Å²) in [5, 5.41) is 23.4. The van der Waals surface area contributed by atoms with Crippen LogP contribution in [-0.2, 0) is 11.8 Å². The summed E-state index contributed by atoms with van der Waals surface area (Å²) in [6.07, 6.45) is 4.16. The number of fused-ring (bicyclic) bond motifs is 1. The van der Waals surface area contributed by atoms with E-state index in [1.54, 1.807) is 24.3 Å². The molecule has 6 aliphatic rings. The molecule has 36 heavy (non-hydrogen) atoms. The van der Waals surface area contributed by atoms with Gasteiger partial charge in [-0.15, -0.1) is 0 Å². The van der Waals surface area contributed by atoms with Crippen LogP contribution < -0.4 is 10.5 Å². The van der Waals surface area contributed by atoms with Gasteiger partial charge in [-0.3, -0.25) is 19.4 Å². The van der Waals surface area contributed by atoms with Crippen LogP contribution in [-0.4, -0.2) is 68.7 Å². The number of phenolic OH excluding ortho intramolecular Hbond substituents is 1. The van der Waals surface area contributed by atoms with E-state index in [4.69, 9.17) is 10.5 Å². The van der Waals surface area contributed by atoms with Gasteiger partial charge in [-0.05, 0) is 80.8 Å². The number of phenols is 1. The molecule has 1 spiro atoms. The number of carbonyl (C=O) groups excluding carboxylic acids is 2. The zero-order valence-corrected chi connectivity index (χ0v) is 19.9. The van der Waals surface area contributed by atoms with Gasteiger partial charge in [0.25, 0.3) is 11.8 Å². The summed E-state index contributed by atoms with van der Waals surface area (Å²) >= 11 is 0. The SMILES string of the molecule is Nc1ccc2c(c1)C(=O)N(C1CC[C@@]3(O)[C@H]4Cc5ccc(O)c6c5[C@@]3(CCN4CC3CC3)C1O6)C2=O. The number of nitrogen functional groups attached to an aromatic ring is 1. The average molecular weight is 488 g/mol. The normalized spacial score (nSPS) is 36.0. The molecule has 1 saturated heterocycles. The van der Waals surface area contributed by atoms with Crippen molar-refractivity contribution in [1.29, 1.82) is 0 Å². The van der Waals surface area contributed by atoms with Crippen molar-refractivity contribution in [2.45, 2.75) is 67.7 Å². The summed E-state index contributed by atoms with van der Waals surface area (Å²) in [6, 6.07) is 7.85.